The second kappa shape index (κ2) is 10.1. The lowest BCUT2D eigenvalue weighted by Crippen LogP contribution is -2.42. The highest BCUT2D eigenvalue weighted by atomic mass is 35.5. The highest BCUT2D eigenvalue weighted by Gasteiger charge is 2.38. The Morgan fingerprint density at radius 1 is 1.09 bits per heavy atom. The summed E-state index contributed by atoms with van der Waals surface area (Å²) in [6.45, 7) is 0.761. The quantitative estimate of drug-likeness (QED) is 0.487. The number of sulfonamides is 1. The number of hydrogen-bond donors (Lipinski definition) is 2. The molecule has 2 heterocycles. The first kappa shape index (κ1) is 24.1. The molecule has 2 N–H and O–H groups in total. The number of carbonyl (C=O) groups is 1. The van der Waals surface area contributed by atoms with E-state index in [-0.39, 0.29) is 23.8 Å². The second-order valence-electron chi connectivity index (χ2n) is 8.07. The van der Waals surface area contributed by atoms with Crippen LogP contribution in [0, 0.1) is 5.82 Å². The van der Waals surface area contributed by atoms with Gasteiger partial charge < -0.3 is 10.6 Å². The molecule has 0 radical (unpaired) electrons. The van der Waals surface area contributed by atoms with Gasteiger partial charge in [-0.25, -0.2) is 17.6 Å². The number of hydrogen-bond acceptors (Lipinski definition) is 4. The molecule has 1 fully saturated rings. The maximum atomic E-state index is 13.6. The molecule has 0 atom stereocenters. The predicted molar refractivity (Wildman–Crippen MR) is 128 cm³/mol. The molecule has 34 heavy (non-hydrogen) atoms. The number of anilines is 1. The molecule has 0 aliphatic carbocycles. The molecule has 1 saturated heterocycles. The topological polar surface area (TPSA) is 91.4 Å². The van der Waals surface area contributed by atoms with Gasteiger partial charge in [-0.15, -0.1) is 11.6 Å². The van der Waals surface area contributed by atoms with Gasteiger partial charge in [0.25, 0.3) is 0 Å². The van der Waals surface area contributed by atoms with Gasteiger partial charge in [-0.05, 0) is 66.4 Å². The average molecular weight is 503 g/mol. The highest BCUT2D eigenvalue weighted by molar-refractivity contribution is 7.89. The van der Waals surface area contributed by atoms with Gasteiger partial charge in [-0.2, -0.15) is 4.31 Å². The molecule has 0 bridgehead atoms. The van der Waals surface area contributed by atoms with Crippen molar-refractivity contribution in [3.05, 3.63) is 90.0 Å². The summed E-state index contributed by atoms with van der Waals surface area (Å²) >= 11 is 6.73. The van der Waals surface area contributed by atoms with Crippen molar-refractivity contribution in [1.29, 1.82) is 0 Å². The lowest BCUT2D eigenvalue weighted by atomic mass is 9.89. The Balaban J connectivity index is 1.35. The number of urea groups is 1. The van der Waals surface area contributed by atoms with Crippen LogP contribution >= 0.6 is 11.6 Å². The van der Waals surface area contributed by atoms with E-state index in [0.29, 0.717) is 30.6 Å². The zero-order chi connectivity index (χ0) is 24.2. The molecule has 0 saturated carbocycles. The molecule has 2 aromatic carbocycles. The van der Waals surface area contributed by atoms with Crippen molar-refractivity contribution >= 4 is 33.3 Å². The summed E-state index contributed by atoms with van der Waals surface area (Å²) in [5, 5.41) is 5.39. The van der Waals surface area contributed by atoms with Crippen LogP contribution in [0.15, 0.2) is 78.0 Å². The minimum atomic E-state index is -3.73. The zero-order valence-electron chi connectivity index (χ0n) is 18.2. The summed E-state index contributed by atoms with van der Waals surface area (Å²) in [5.41, 5.74) is 1.98. The zero-order valence-corrected chi connectivity index (χ0v) is 19.8. The van der Waals surface area contributed by atoms with Gasteiger partial charge in [0.05, 0.1) is 9.77 Å². The van der Waals surface area contributed by atoms with E-state index in [0.717, 1.165) is 5.56 Å². The number of carbonyl (C=O) groups excluding carboxylic acids is 1. The molecular formula is C24H24ClFN4O3S. The van der Waals surface area contributed by atoms with E-state index in [9.17, 15) is 17.6 Å². The Morgan fingerprint density at radius 3 is 2.47 bits per heavy atom. The maximum Gasteiger partial charge on any atom is 0.319 e. The summed E-state index contributed by atoms with van der Waals surface area (Å²) < 4.78 is 41.2. The van der Waals surface area contributed by atoms with E-state index in [2.05, 4.69) is 15.6 Å². The average Bonchev–Trinajstić information content (AvgIpc) is 2.84. The Kier molecular flexibility index (Phi) is 7.16. The monoisotopic (exact) mass is 502 g/mol. The number of alkyl halides is 1. The first-order valence-electron chi connectivity index (χ1n) is 10.8. The number of piperidine rings is 1. The molecule has 10 heteroatoms. The number of rotatable bonds is 6. The van der Waals surface area contributed by atoms with E-state index >= 15 is 0 Å². The van der Waals surface area contributed by atoms with Crippen LogP contribution in [0.3, 0.4) is 0 Å². The number of nitrogens with one attached hydrogen (secondary N) is 2. The fraction of sp³-hybridized carbons (Fsp3) is 0.250. The summed E-state index contributed by atoms with van der Waals surface area (Å²) in [6, 6.07) is 15.3. The van der Waals surface area contributed by atoms with Crippen LogP contribution in [0.4, 0.5) is 14.9 Å². The Hall–Kier alpha value is -3.01. The largest absolute Gasteiger partial charge is 0.334 e. The molecule has 0 spiro atoms. The number of benzene rings is 2. The van der Waals surface area contributed by atoms with Crippen molar-refractivity contribution < 1.29 is 17.6 Å². The Bertz CT molecular complexity index is 1250. The molecular weight excluding hydrogens is 479 g/mol. The van der Waals surface area contributed by atoms with E-state index in [1.165, 1.54) is 28.6 Å². The van der Waals surface area contributed by atoms with Crippen LogP contribution in [0.2, 0.25) is 0 Å². The maximum absolute atomic E-state index is 13.6. The van der Waals surface area contributed by atoms with Crippen molar-refractivity contribution in [3.63, 3.8) is 0 Å². The SMILES string of the molecule is O=C(NCc1cccnc1)Nc1ccc(S(=O)(=O)N2CCC(Cl)(c3cccc(F)c3)CC2)cc1. The molecule has 2 amide bonds. The molecule has 4 rings (SSSR count). The van der Waals surface area contributed by atoms with Crippen LogP contribution < -0.4 is 10.6 Å². The number of pyridine rings is 1. The number of amides is 2. The molecule has 7 nitrogen and oxygen atoms in total. The second-order valence-corrected chi connectivity index (χ2v) is 10.7. The number of nitrogens with zero attached hydrogens (tertiary/aromatic N) is 2. The number of aromatic nitrogens is 1. The normalized spacial score (nSPS) is 16.1. The van der Waals surface area contributed by atoms with Gasteiger partial charge in [0.1, 0.15) is 5.82 Å². The fourth-order valence-electron chi connectivity index (χ4n) is 3.86. The third-order valence-electron chi connectivity index (χ3n) is 5.78. The van der Waals surface area contributed by atoms with E-state index in [1.54, 1.807) is 42.7 Å². The van der Waals surface area contributed by atoms with Crippen LogP contribution in [-0.4, -0.2) is 36.8 Å². The Morgan fingerprint density at radius 2 is 1.82 bits per heavy atom. The van der Waals surface area contributed by atoms with E-state index in [4.69, 9.17) is 11.6 Å². The van der Waals surface area contributed by atoms with Crippen molar-refractivity contribution in [2.75, 3.05) is 18.4 Å². The van der Waals surface area contributed by atoms with Crippen molar-refractivity contribution in [2.24, 2.45) is 0 Å². The minimum Gasteiger partial charge on any atom is -0.334 e. The lowest BCUT2D eigenvalue weighted by molar-refractivity contribution is 0.251. The Labute approximate surface area is 203 Å². The molecule has 178 valence electrons. The number of halogens is 2. The van der Waals surface area contributed by atoms with Crippen LogP contribution in [0.1, 0.15) is 24.0 Å². The van der Waals surface area contributed by atoms with Gasteiger partial charge in [-0.3, -0.25) is 4.98 Å². The smallest absolute Gasteiger partial charge is 0.319 e. The first-order chi connectivity index (χ1) is 16.3. The summed E-state index contributed by atoms with van der Waals surface area (Å²) in [7, 11) is -3.73. The summed E-state index contributed by atoms with van der Waals surface area (Å²) in [4.78, 5) is 15.4. The molecule has 0 unspecified atom stereocenters. The minimum absolute atomic E-state index is 0.127. The van der Waals surface area contributed by atoms with Gasteiger partial charge in [0.15, 0.2) is 0 Å². The van der Waals surface area contributed by atoms with Gasteiger partial charge >= 0.3 is 6.03 Å². The third-order valence-corrected chi connectivity index (χ3v) is 8.29. The van der Waals surface area contributed by atoms with Crippen molar-refractivity contribution in [3.8, 4) is 0 Å². The van der Waals surface area contributed by atoms with E-state index < -0.39 is 20.9 Å². The highest BCUT2D eigenvalue weighted by Crippen LogP contribution is 2.40. The summed E-state index contributed by atoms with van der Waals surface area (Å²) in [5.74, 6) is -0.368. The molecule has 1 aliphatic rings. The van der Waals surface area contributed by atoms with Gasteiger partial charge in [-0.1, -0.05) is 18.2 Å². The van der Waals surface area contributed by atoms with Crippen LogP contribution in [0.5, 0.6) is 0 Å². The van der Waals surface area contributed by atoms with Crippen molar-refractivity contribution in [1.82, 2.24) is 14.6 Å². The third kappa shape index (κ3) is 5.55. The fourth-order valence-corrected chi connectivity index (χ4v) is 5.58. The standard InChI is InChI=1S/C24H24ClFN4O3S/c25-24(19-4-1-5-20(26)15-19)10-13-30(14-11-24)34(32,33)22-8-6-21(7-9-22)29-23(31)28-17-18-3-2-12-27-16-18/h1-9,12,15-16H,10-11,13-14,17H2,(H2,28,29,31). The predicted octanol–water partition coefficient (Wildman–Crippen LogP) is 4.46. The first-order valence-corrected chi connectivity index (χ1v) is 12.6. The summed E-state index contributed by atoms with van der Waals surface area (Å²) in [6.07, 6.45) is 4.05. The van der Waals surface area contributed by atoms with Crippen LogP contribution in [0.25, 0.3) is 0 Å². The molecule has 1 aromatic heterocycles. The molecule has 3 aromatic rings. The lowest BCUT2D eigenvalue weighted by Gasteiger charge is -2.37. The van der Waals surface area contributed by atoms with Crippen LogP contribution in [-0.2, 0) is 21.4 Å². The van der Waals surface area contributed by atoms with Crippen molar-refractivity contribution in [2.45, 2.75) is 29.2 Å². The van der Waals surface area contributed by atoms with Gasteiger partial charge in [0, 0.05) is 37.7 Å². The van der Waals surface area contributed by atoms with Gasteiger partial charge in [0.2, 0.25) is 10.0 Å². The van der Waals surface area contributed by atoms with E-state index in [1.807, 2.05) is 6.07 Å². The molecule has 1 aliphatic heterocycles.